The number of hydrogen-bond acceptors (Lipinski definition) is 4. The molecule has 5 heteroatoms. The fraction of sp³-hybridized carbons (Fsp3) is 0.375. The third kappa shape index (κ3) is 3.14. The molecule has 0 atom stereocenters. The monoisotopic (exact) mass is 300 g/mol. The third-order valence-corrected chi connectivity index (χ3v) is 4.37. The Bertz CT molecular complexity index is 729. The summed E-state index contributed by atoms with van der Waals surface area (Å²) in [7, 11) is 0. The summed E-state index contributed by atoms with van der Waals surface area (Å²) in [5.74, 6) is 1.10. The zero-order valence-electron chi connectivity index (χ0n) is 12.5. The lowest BCUT2D eigenvalue weighted by atomic mass is 10.3. The first-order valence-electron chi connectivity index (χ1n) is 7.34. The predicted molar refractivity (Wildman–Crippen MR) is 87.4 cm³/mol. The van der Waals surface area contributed by atoms with Crippen LogP contribution in [0.4, 0.5) is 0 Å². The maximum Gasteiger partial charge on any atom is 0.123 e. The lowest BCUT2D eigenvalue weighted by molar-refractivity contribution is 0.597. The van der Waals surface area contributed by atoms with E-state index in [-0.39, 0.29) is 0 Å². The van der Waals surface area contributed by atoms with Crippen LogP contribution in [0.5, 0.6) is 0 Å². The number of rotatable bonds is 6. The Balaban J connectivity index is 1.74. The number of thiazole rings is 1. The highest BCUT2D eigenvalue weighted by atomic mass is 32.1. The van der Waals surface area contributed by atoms with E-state index in [2.05, 4.69) is 45.4 Å². The molecular weight excluding hydrogens is 280 g/mol. The van der Waals surface area contributed by atoms with Crippen molar-refractivity contribution in [3.63, 3.8) is 0 Å². The average molecular weight is 300 g/mol. The molecule has 0 aliphatic heterocycles. The molecule has 4 nitrogen and oxygen atoms in total. The number of aromatic nitrogens is 3. The van der Waals surface area contributed by atoms with Gasteiger partial charge < -0.3 is 9.88 Å². The molecule has 1 N–H and O–H groups in total. The molecule has 0 spiro atoms. The molecule has 0 fully saturated rings. The fourth-order valence-electron chi connectivity index (χ4n) is 2.50. The van der Waals surface area contributed by atoms with E-state index in [0.717, 1.165) is 48.1 Å². The summed E-state index contributed by atoms with van der Waals surface area (Å²) in [5.41, 5.74) is 3.39. The SMILES string of the molecule is CCCn1c(CNCc2nc(C)cs2)nc2ccccc21. The minimum atomic E-state index is 0.771. The van der Waals surface area contributed by atoms with Crippen LogP contribution >= 0.6 is 11.3 Å². The standard InChI is InChI=1S/C16H20N4S/c1-3-8-20-14-7-5-4-6-13(14)19-15(20)9-17-10-16-18-12(2)11-21-16/h4-7,11,17H,3,8-10H2,1-2H3. The zero-order chi connectivity index (χ0) is 14.7. The topological polar surface area (TPSA) is 42.7 Å². The van der Waals surface area contributed by atoms with Crippen LogP contribution < -0.4 is 5.32 Å². The highest BCUT2D eigenvalue weighted by molar-refractivity contribution is 7.09. The Kier molecular flexibility index (Phi) is 4.31. The predicted octanol–water partition coefficient (Wildman–Crippen LogP) is 3.50. The second kappa shape index (κ2) is 6.37. The first-order chi connectivity index (χ1) is 10.3. The first kappa shape index (κ1) is 14.2. The van der Waals surface area contributed by atoms with Gasteiger partial charge in [0.05, 0.1) is 17.6 Å². The van der Waals surface area contributed by atoms with Gasteiger partial charge in [-0.2, -0.15) is 0 Å². The Morgan fingerprint density at radius 3 is 2.81 bits per heavy atom. The van der Waals surface area contributed by atoms with Gasteiger partial charge in [0.15, 0.2) is 0 Å². The van der Waals surface area contributed by atoms with E-state index in [1.807, 2.05) is 13.0 Å². The number of nitrogens with zero attached hydrogens (tertiary/aromatic N) is 3. The van der Waals surface area contributed by atoms with Gasteiger partial charge in [0, 0.05) is 24.2 Å². The summed E-state index contributed by atoms with van der Waals surface area (Å²) >= 11 is 1.70. The van der Waals surface area contributed by atoms with E-state index < -0.39 is 0 Å². The molecule has 3 rings (SSSR count). The van der Waals surface area contributed by atoms with Gasteiger partial charge in [0.1, 0.15) is 10.8 Å². The molecular formula is C16H20N4S. The van der Waals surface area contributed by atoms with E-state index in [1.165, 1.54) is 5.52 Å². The molecule has 2 aromatic heterocycles. The van der Waals surface area contributed by atoms with E-state index in [0.29, 0.717) is 0 Å². The number of benzene rings is 1. The van der Waals surface area contributed by atoms with Crippen molar-refractivity contribution < 1.29 is 0 Å². The normalized spacial score (nSPS) is 11.3. The van der Waals surface area contributed by atoms with Gasteiger partial charge in [-0.15, -0.1) is 11.3 Å². The van der Waals surface area contributed by atoms with Crippen LogP contribution in [0.1, 0.15) is 29.9 Å². The Morgan fingerprint density at radius 2 is 2.05 bits per heavy atom. The van der Waals surface area contributed by atoms with Crippen molar-refractivity contribution in [1.82, 2.24) is 19.9 Å². The smallest absolute Gasteiger partial charge is 0.123 e. The van der Waals surface area contributed by atoms with Crippen LogP contribution in [0.25, 0.3) is 11.0 Å². The summed E-state index contributed by atoms with van der Waals surface area (Å²) < 4.78 is 2.31. The Labute approximate surface area is 128 Å². The Morgan fingerprint density at radius 1 is 1.19 bits per heavy atom. The highest BCUT2D eigenvalue weighted by Gasteiger charge is 2.09. The molecule has 0 saturated heterocycles. The zero-order valence-corrected chi connectivity index (χ0v) is 13.3. The molecule has 2 heterocycles. The largest absolute Gasteiger partial charge is 0.327 e. The minimum absolute atomic E-state index is 0.771. The Hall–Kier alpha value is -1.72. The van der Waals surface area contributed by atoms with Gasteiger partial charge in [-0.05, 0) is 25.5 Å². The van der Waals surface area contributed by atoms with Crippen molar-refractivity contribution in [3.05, 3.63) is 46.2 Å². The maximum atomic E-state index is 4.75. The van der Waals surface area contributed by atoms with Crippen LogP contribution in [0, 0.1) is 6.92 Å². The molecule has 0 radical (unpaired) electrons. The highest BCUT2D eigenvalue weighted by Crippen LogP contribution is 2.16. The lowest BCUT2D eigenvalue weighted by Gasteiger charge is -2.08. The van der Waals surface area contributed by atoms with Crippen LogP contribution in [0.2, 0.25) is 0 Å². The number of nitrogens with one attached hydrogen (secondary N) is 1. The van der Waals surface area contributed by atoms with Gasteiger partial charge in [-0.25, -0.2) is 9.97 Å². The second-order valence-corrected chi connectivity index (χ2v) is 6.10. The second-order valence-electron chi connectivity index (χ2n) is 5.15. The first-order valence-corrected chi connectivity index (χ1v) is 8.21. The van der Waals surface area contributed by atoms with E-state index >= 15 is 0 Å². The van der Waals surface area contributed by atoms with Crippen molar-refractivity contribution in [2.75, 3.05) is 0 Å². The molecule has 1 aromatic carbocycles. The van der Waals surface area contributed by atoms with Crippen LogP contribution in [-0.4, -0.2) is 14.5 Å². The maximum absolute atomic E-state index is 4.75. The van der Waals surface area contributed by atoms with Crippen LogP contribution in [0.3, 0.4) is 0 Å². The number of hydrogen-bond donors (Lipinski definition) is 1. The van der Waals surface area contributed by atoms with E-state index in [1.54, 1.807) is 11.3 Å². The van der Waals surface area contributed by atoms with Crippen molar-refractivity contribution in [2.45, 2.75) is 39.9 Å². The average Bonchev–Trinajstić information content (AvgIpc) is 3.04. The summed E-state index contributed by atoms with van der Waals surface area (Å²) in [6, 6.07) is 8.34. The molecule has 0 aliphatic carbocycles. The summed E-state index contributed by atoms with van der Waals surface area (Å²) in [5, 5.41) is 6.67. The molecule has 0 amide bonds. The molecule has 0 unspecified atom stereocenters. The van der Waals surface area contributed by atoms with Crippen molar-refractivity contribution >= 4 is 22.4 Å². The molecule has 21 heavy (non-hydrogen) atoms. The molecule has 0 saturated carbocycles. The fourth-order valence-corrected chi connectivity index (χ4v) is 3.24. The van der Waals surface area contributed by atoms with Crippen molar-refractivity contribution in [2.24, 2.45) is 0 Å². The molecule has 0 bridgehead atoms. The quantitative estimate of drug-likeness (QED) is 0.757. The number of aryl methyl sites for hydroxylation is 2. The number of para-hydroxylation sites is 2. The number of imidazole rings is 1. The van der Waals surface area contributed by atoms with Crippen LogP contribution in [0.15, 0.2) is 29.6 Å². The van der Waals surface area contributed by atoms with Gasteiger partial charge in [0.2, 0.25) is 0 Å². The summed E-state index contributed by atoms with van der Waals surface area (Å²) in [6.07, 6.45) is 1.11. The van der Waals surface area contributed by atoms with Crippen molar-refractivity contribution in [3.8, 4) is 0 Å². The number of fused-ring (bicyclic) bond motifs is 1. The summed E-state index contributed by atoms with van der Waals surface area (Å²) in [4.78, 5) is 9.22. The lowest BCUT2D eigenvalue weighted by Crippen LogP contribution is -2.16. The van der Waals surface area contributed by atoms with E-state index in [9.17, 15) is 0 Å². The van der Waals surface area contributed by atoms with Crippen LogP contribution in [-0.2, 0) is 19.6 Å². The minimum Gasteiger partial charge on any atom is -0.327 e. The van der Waals surface area contributed by atoms with Crippen molar-refractivity contribution in [1.29, 1.82) is 0 Å². The van der Waals surface area contributed by atoms with E-state index in [4.69, 9.17) is 4.98 Å². The van der Waals surface area contributed by atoms with Gasteiger partial charge in [-0.1, -0.05) is 19.1 Å². The van der Waals surface area contributed by atoms with Gasteiger partial charge in [-0.3, -0.25) is 0 Å². The molecule has 0 aliphatic rings. The molecule has 3 aromatic rings. The third-order valence-electron chi connectivity index (χ3n) is 3.41. The van der Waals surface area contributed by atoms with Gasteiger partial charge >= 0.3 is 0 Å². The summed E-state index contributed by atoms with van der Waals surface area (Å²) in [6.45, 7) is 6.81. The molecule has 110 valence electrons. The van der Waals surface area contributed by atoms with Gasteiger partial charge in [0.25, 0.3) is 0 Å².